The Hall–Kier alpha value is -1.23. The van der Waals surface area contributed by atoms with E-state index in [1.165, 1.54) is 37.0 Å². The fourth-order valence-electron chi connectivity index (χ4n) is 2.61. The maximum absolute atomic E-state index is 12.0. The van der Waals surface area contributed by atoms with E-state index in [-0.39, 0.29) is 5.91 Å². The molecule has 2 aliphatic rings. The Morgan fingerprint density at radius 1 is 1.32 bits per heavy atom. The Bertz CT molecular complexity index is 461. The molecule has 2 aliphatic carbocycles. The first-order valence-corrected chi connectivity index (χ1v) is 7.98. The minimum absolute atomic E-state index is 0.0149. The third kappa shape index (κ3) is 3.21. The molecule has 19 heavy (non-hydrogen) atoms. The first-order chi connectivity index (χ1) is 9.22. The zero-order valence-electron chi connectivity index (χ0n) is 11.1. The number of carbonyl (C=O) groups is 1. The highest BCUT2D eigenvalue weighted by Gasteiger charge is 2.25. The first kappa shape index (κ1) is 12.8. The Morgan fingerprint density at radius 3 is 2.74 bits per heavy atom. The topological polar surface area (TPSA) is 67.1 Å². The summed E-state index contributed by atoms with van der Waals surface area (Å²) in [5, 5.41) is 7.43. The number of rotatable bonds is 5. The van der Waals surface area contributed by atoms with Gasteiger partial charge >= 0.3 is 0 Å². The van der Waals surface area contributed by atoms with Crippen molar-refractivity contribution in [2.24, 2.45) is 5.92 Å². The van der Waals surface area contributed by atoms with Gasteiger partial charge in [0, 0.05) is 12.6 Å². The van der Waals surface area contributed by atoms with Gasteiger partial charge in [-0.25, -0.2) is 0 Å². The second-order valence-corrected chi connectivity index (χ2v) is 6.73. The molecule has 3 rings (SSSR count). The molecule has 2 fully saturated rings. The molecule has 2 saturated carbocycles. The smallest absolute Gasteiger partial charge is 0.263 e. The lowest BCUT2D eigenvalue weighted by atomic mass is 10.1. The van der Waals surface area contributed by atoms with E-state index in [1.54, 1.807) is 0 Å². The van der Waals surface area contributed by atoms with Crippen LogP contribution < -0.4 is 16.4 Å². The lowest BCUT2D eigenvalue weighted by Crippen LogP contribution is -2.25. The van der Waals surface area contributed by atoms with E-state index < -0.39 is 0 Å². The fourth-order valence-corrected chi connectivity index (χ4v) is 3.50. The number of nitrogens with one attached hydrogen (secondary N) is 2. The molecular formula is C14H21N3OS. The lowest BCUT2D eigenvalue weighted by Gasteiger charge is -2.09. The molecule has 0 radical (unpaired) electrons. The van der Waals surface area contributed by atoms with Gasteiger partial charge in [0.1, 0.15) is 4.88 Å². The van der Waals surface area contributed by atoms with Crippen molar-refractivity contribution in [1.82, 2.24) is 5.32 Å². The van der Waals surface area contributed by atoms with Gasteiger partial charge in [0.2, 0.25) is 0 Å². The highest BCUT2D eigenvalue weighted by atomic mass is 32.1. The molecule has 0 aliphatic heterocycles. The van der Waals surface area contributed by atoms with Gasteiger partial charge in [0.15, 0.2) is 0 Å². The predicted molar refractivity (Wildman–Crippen MR) is 79.7 cm³/mol. The van der Waals surface area contributed by atoms with Crippen LogP contribution in [0.15, 0.2) is 6.07 Å². The third-order valence-electron chi connectivity index (χ3n) is 3.92. The molecule has 1 amide bonds. The van der Waals surface area contributed by atoms with Crippen molar-refractivity contribution in [2.45, 2.75) is 44.6 Å². The Morgan fingerprint density at radius 2 is 2.05 bits per heavy atom. The van der Waals surface area contributed by atoms with E-state index in [0.29, 0.717) is 16.6 Å². The summed E-state index contributed by atoms with van der Waals surface area (Å²) in [7, 11) is 0. The van der Waals surface area contributed by atoms with Crippen LogP contribution >= 0.6 is 11.3 Å². The van der Waals surface area contributed by atoms with Crippen molar-refractivity contribution in [2.75, 3.05) is 17.6 Å². The summed E-state index contributed by atoms with van der Waals surface area (Å²) in [6.07, 6.45) is 7.56. The largest absolute Gasteiger partial charge is 0.397 e. The van der Waals surface area contributed by atoms with Gasteiger partial charge in [-0.2, -0.15) is 0 Å². The van der Waals surface area contributed by atoms with Crippen LogP contribution in [-0.2, 0) is 0 Å². The quantitative estimate of drug-likeness (QED) is 0.776. The van der Waals surface area contributed by atoms with E-state index in [2.05, 4.69) is 10.6 Å². The number of nitrogens with two attached hydrogens (primary N) is 1. The Kier molecular flexibility index (Phi) is 3.64. The summed E-state index contributed by atoms with van der Waals surface area (Å²) in [5.41, 5.74) is 6.53. The van der Waals surface area contributed by atoms with Gasteiger partial charge in [-0.3, -0.25) is 4.79 Å². The van der Waals surface area contributed by atoms with Crippen molar-refractivity contribution >= 4 is 27.9 Å². The molecule has 0 unspecified atom stereocenters. The van der Waals surface area contributed by atoms with Crippen LogP contribution in [0.3, 0.4) is 0 Å². The van der Waals surface area contributed by atoms with Gasteiger partial charge in [-0.05, 0) is 37.7 Å². The highest BCUT2D eigenvalue weighted by molar-refractivity contribution is 7.18. The van der Waals surface area contributed by atoms with E-state index in [9.17, 15) is 4.79 Å². The van der Waals surface area contributed by atoms with Gasteiger partial charge in [-0.1, -0.05) is 12.8 Å². The molecular weight excluding hydrogens is 258 g/mol. The van der Waals surface area contributed by atoms with Crippen LogP contribution in [0.2, 0.25) is 0 Å². The van der Waals surface area contributed by atoms with Crippen molar-refractivity contribution in [3.63, 3.8) is 0 Å². The standard InChI is InChI=1S/C14H21N3OS/c15-11-7-12(16-8-9-3-1-2-4-9)19-13(11)14(18)17-10-5-6-10/h7,9-10,16H,1-6,8,15H2,(H,17,18). The summed E-state index contributed by atoms with van der Waals surface area (Å²) in [6.45, 7) is 1.00. The summed E-state index contributed by atoms with van der Waals surface area (Å²) < 4.78 is 0. The zero-order valence-corrected chi connectivity index (χ0v) is 11.9. The van der Waals surface area contributed by atoms with E-state index in [4.69, 9.17) is 5.73 Å². The van der Waals surface area contributed by atoms with Crippen LogP contribution in [0.25, 0.3) is 0 Å². The van der Waals surface area contributed by atoms with Crippen molar-refractivity contribution < 1.29 is 4.79 Å². The molecule has 0 saturated heterocycles. The monoisotopic (exact) mass is 279 g/mol. The molecule has 0 bridgehead atoms. The summed E-state index contributed by atoms with van der Waals surface area (Å²) in [6, 6.07) is 2.27. The molecule has 104 valence electrons. The summed E-state index contributed by atoms with van der Waals surface area (Å²) >= 11 is 1.47. The Labute approximate surface area is 117 Å². The molecule has 0 atom stereocenters. The van der Waals surface area contributed by atoms with Gasteiger partial charge in [0.05, 0.1) is 10.7 Å². The maximum Gasteiger partial charge on any atom is 0.263 e. The second-order valence-electron chi connectivity index (χ2n) is 5.67. The van der Waals surface area contributed by atoms with Crippen LogP contribution in [-0.4, -0.2) is 18.5 Å². The van der Waals surface area contributed by atoms with Gasteiger partial charge < -0.3 is 16.4 Å². The SMILES string of the molecule is Nc1cc(NCC2CCCC2)sc1C(=O)NC1CC1. The number of hydrogen-bond donors (Lipinski definition) is 3. The molecule has 1 heterocycles. The molecule has 0 spiro atoms. The average Bonchev–Trinajstić information content (AvgIpc) is 2.92. The first-order valence-electron chi connectivity index (χ1n) is 7.16. The van der Waals surface area contributed by atoms with Crippen LogP contribution in [0.4, 0.5) is 10.7 Å². The van der Waals surface area contributed by atoms with Crippen LogP contribution in [0, 0.1) is 5.92 Å². The number of nitrogen functional groups attached to an aromatic ring is 1. The molecule has 5 heteroatoms. The fraction of sp³-hybridized carbons (Fsp3) is 0.643. The van der Waals surface area contributed by atoms with Crippen LogP contribution in [0.5, 0.6) is 0 Å². The average molecular weight is 279 g/mol. The molecule has 4 N–H and O–H groups in total. The Balaban J connectivity index is 1.57. The van der Waals surface area contributed by atoms with Crippen LogP contribution in [0.1, 0.15) is 48.2 Å². The van der Waals surface area contributed by atoms with E-state index in [1.807, 2.05) is 6.07 Å². The number of anilines is 2. The number of amides is 1. The van der Waals surface area contributed by atoms with Crippen molar-refractivity contribution in [3.8, 4) is 0 Å². The second kappa shape index (κ2) is 5.41. The number of thiophene rings is 1. The normalized spacial score (nSPS) is 19.6. The molecule has 0 aromatic carbocycles. The maximum atomic E-state index is 12.0. The molecule has 1 aromatic heterocycles. The molecule has 1 aromatic rings. The number of hydrogen-bond acceptors (Lipinski definition) is 4. The van der Waals surface area contributed by atoms with Crippen molar-refractivity contribution in [1.29, 1.82) is 0 Å². The van der Waals surface area contributed by atoms with E-state index >= 15 is 0 Å². The van der Waals surface area contributed by atoms with Crippen molar-refractivity contribution in [3.05, 3.63) is 10.9 Å². The minimum atomic E-state index is -0.0149. The highest BCUT2D eigenvalue weighted by Crippen LogP contribution is 2.31. The predicted octanol–water partition coefficient (Wildman–Crippen LogP) is 2.82. The molecule has 4 nitrogen and oxygen atoms in total. The summed E-state index contributed by atoms with van der Waals surface area (Å²) in [5.74, 6) is 0.769. The third-order valence-corrected chi connectivity index (χ3v) is 5.03. The van der Waals surface area contributed by atoms with Gasteiger partial charge in [-0.15, -0.1) is 11.3 Å². The zero-order chi connectivity index (χ0) is 13.2. The minimum Gasteiger partial charge on any atom is -0.397 e. The number of carbonyl (C=O) groups excluding carboxylic acids is 1. The van der Waals surface area contributed by atoms with Gasteiger partial charge in [0.25, 0.3) is 5.91 Å². The van der Waals surface area contributed by atoms with E-state index in [0.717, 1.165) is 30.3 Å². The summed E-state index contributed by atoms with van der Waals surface area (Å²) in [4.78, 5) is 12.6. The lowest BCUT2D eigenvalue weighted by molar-refractivity contribution is 0.0956.